The molecule has 0 bridgehead atoms. The number of fused-ring (bicyclic) bond motifs is 1. The Hall–Kier alpha value is -1.48. The molecule has 0 spiro atoms. The van der Waals surface area contributed by atoms with Crippen molar-refractivity contribution in [3.05, 3.63) is 0 Å². The molecular weight excluding hydrogens is 370 g/mol. The first-order chi connectivity index (χ1) is 12.8. The molecule has 0 aromatic heterocycles. The number of hydrazone groups is 1. The zero-order valence-electron chi connectivity index (χ0n) is 15.5. The van der Waals surface area contributed by atoms with Crippen molar-refractivity contribution in [3.63, 3.8) is 0 Å². The number of rotatable bonds is 2. The predicted molar refractivity (Wildman–Crippen MR) is 98.7 cm³/mol. The van der Waals surface area contributed by atoms with Crippen LogP contribution >= 0.6 is 0 Å². The van der Waals surface area contributed by atoms with Crippen LogP contribution in [0.5, 0.6) is 0 Å². The summed E-state index contributed by atoms with van der Waals surface area (Å²) >= 11 is 0. The molecule has 1 aliphatic carbocycles. The first-order valence-electron chi connectivity index (χ1n) is 9.89. The minimum Gasteiger partial charge on any atom is -0.389 e. The fraction of sp³-hybridized carbons (Fsp3) is 0.833. The summed E-state index contributed by atoms with van der Waals surface area (Å²) in [6, 6.07) is -0.463. The van der Waals surface area contributed by atoms with Crippen molar-refractivity contribution in [2.45, 2.75) is 63.0 Å². The van der Waals surface area contributed by atoms with Crippen molar-refractivity contribution in [1.82, 2.24) is 9.91 Å². The van der Waals surface area contributed by atoms with Gasteiger partial charge in [-0.15, -0.1) is 0 Å². The average molecular weight is 397 g/mol. The third kappa shape index (κ3) is 3.63. The normalized spacial score (nSPS) is 36.3. The lowest BCUT2D eigenvalue weighted by molar-refractivity contribution is -0.137. The molecule has 4 aliphatic rings. The molecule has 2 amide bonds. The SMILES string of the molecule is O=C(C1=NN(C2CCS(=O)(=O)C2)C(=O)CC1)N1CC[C@@]2(O)CCCC[C@H]2C1. The van der Waals surface area contributed by atoms with Crippen molar-refractivity contribution in [3.8, 4) is 0 Å². The first-order valence-corrected chi connectivity index (χ1v) is 11.7. The van der Waals surface area contributed by atoms with Crippen LogP contribution in [-0.4, -0.2) is 77.2 Å². The molecular formula is C18H27N3O5S. The fourth-order valence-electron chi connectivity index (χ4n) is 4.92. The van der Waals surface area contributed by atoms with Crippen LogP contribution < -0.4 is 0 Å². The Labute approximate surface area is 159 Å². The maximum atomic E-state index is 13.0. The third-order valence-corrected chi connectivity index (χ3v) is 8.33. The molecule has 3 heterocycles. The maximum absolute atomic E-state index is 13.0. The minimum atomic E-state index is -3.13. The summed E-state index contributed by atoms with van der Waals surface area (Å²) in [5.74, 6) is -0.310. The number of carbonyl (C=O) groups excluding carboxylic acids is 2. The fourth-order valence-corrected chi connectivity index (χ4v) is 6.61. The molecule has 150 valence electrons. The van der Waals surface area contributed by atoms with Crippen LogP contribution in [0.1, 0.15) is 51.4 Å². The van der Waals surface area contributed by atoms with Gasteiger partial charge in [-0.3, -0.25) is 9.59 Å². The van der Waals surface area contributed by atoms with Crippen LogP contribution in [0.3, 0.4) is 0 Å². The quantitative estimate of drug-likeness (QED) is 0.721. The largest absolute Gasteiger partial charge is 0.389 e. The van der Waals surface area contributed by atoms with E-state index in [-0.39, 0.29) is 35.7 Å². The summed E-state index contributed by atoms with van der Waals surface area (Å²) in [4.78, 5) is 27.0. The number of hydrogen-bond donors (Lipinski definition) is 1. The van der Waals surface area contributed by atoms with Crippen LogP contribution in [0.2, 0.25) is 0 Å². The van der Waals surface area contributed by atoms with E-state index in [0.717, 1.165) is 25.7 Å². The highest BCUT2D eigenvalue weighted by atomic mass is 32.2. The van der Waals surface area contributed by atoms with Crippen molar-refractivity contribution < 1.29 is 23.1 Å². The monoisotopic (exact) mass is 397 g/mol. The highest BCUT2D eigenvalue weighted by Gasteiger charge is 2.45. The Kier molecular flexibility index (Phi) is 4.78. The second-order valence-electron chi connectivity index (χ2n) is 8.39. The number of sulfone groups is 1. The van der Waals surface area contributed by atoms with Gasteiger partial charge in [0, 0.05) is 31.8 Å². The first kappa shape index (κ1) is 18.9. The predicted octanol–water partition coefficient (Wildman–Crippen LogP) is 0.306. The Bertz CT molecular complexity index is 780. The zero-order valence-corrected chi connectivity index (χ0v) is 16.3. The lowest BCUT2D eigenvalue weighted by Crippen LogP contribution is -2.56. The van der Waals surface area contributed by atoms with E-state index >= 15 is 0 Å². The summed E-state index contributed by atoms with van der Waals surface area (Å²) in [6.07, 6.45) is 5.28. The van der Waals surface area contributed by atoms with Gasteiger partial charge in [0.05, 0.1) is 23.1 Å². The summed E-state index contributed by atoms with van der Waals surface area (Å²) in [5, 5.41) is 16.3. The molecule has 3 fully saturated rings. The van der Waals surface area contributed by atoms with Gasteiger partial charge in [-0.25, -0.2) is 13.4 Å². The second kappa shape index (κ2) is 6.84. The molecule has 4 rings (SSSR count). The van der Waals surface area contributed by atoms with Crippen LogP contribution in [0.4, 0.5) is 0 Å². The molecule has 3 aliphatic heterocycles. The van der Waals surface area contributed by atoms with Crippen LogP contribution in [0, 0.1) is 5.92 Å². The molecule has 0 radical (unpaired) electrons. The number of carbonyl (C=O) groups is 2. The van der Waals surface area contributed by atoms with Gasteiger partial charge in [0.25, 0.3) is 5.91 Å². The lowest BCUT2D eigenvalue weighted by Gasteiger charge is -2.47. The second-order valence-corrected chi connectivity index (χ2v) is 10.6. The summed E-state index contributed by atoms with van der Waals surface area (Å²) < 4.78 is 23.5. The third-order valence-electron chi connectivity index (χ3n) is 6.58. The number of nitrogens with zero attached hydrogens (tertiary/aromatic N) is 3. The highest BCUT2D eigenvalue weighted by Crippen LogP contribution is 2.40. The van der Waals surface area contributed by atoms with Crippen molar-refractivity contribution >= 4 is 27.4 Å². The molecule has 8 nitrogen and oxygen atoms in total. The van der Waals surface area contributed by atoms with E-state index in [1.807, 2.05) is 0 Å². The van der Waals surface area contributed by atoms with Gasteiger partial charge in [-0.1, -0.05) is 12.8 Å². The molecule has 3 atom stereocenters. The van der Waals surface area contributed by atoms with Crippen molar-refractivity contribution in [1.29, 1.82) is 0 Å². The van der Waals surface area contributed by atoms with E-state index in [1.165, 1.54) is 5.01 Å². The number of aliphatic hydroxyl groups is 1. The van der Waals surface area contributed by atoms with Gasteiger partial charge in [-0.2, -0.15) is 5.10 Å². The standard InChI is InChI=1S/C18H27N3O5S/c22-16-5-4-15(19-21(16)14-6-10-27(25,26)12-14)17(23)20-9-8-18(24)7-2-1-3-13(18)11-20/h13-14,24H,1-12H2/t13-,14?,18-/m0/s1. The molecule has 0 aromatic carbocycles. The van der Waals surface area contributed by atoms with Gasteiger partial charge in [0.15, 0.2) is 9.84 Å². The molecule has 1 unspecified atom stereocenters. The zero-order chi connectivity index (χ0) is 19.2. The minimum absolute atomic E-state index is 0.0621. The smallest absolute Gasteiger partial charge is 0.270 e. The van der Waals surface area contributed by atoms with Gasteiger partial charge in [-0.05, 0) is 25.7 Å². The van der Waals surface area contributed by atoms with E-state index in [9.17, 15) is 23.1 Å². The molecule has 1 saturated carbocycles. The van der Waals surface area contributed by atoms with Crippen LogP contribution in [-0.2, 0) is 19.4 Å². The summed E-state index contributed by atoms with van der Waals surface area (Å²) in [7, 11) is -3.13. The van der Waals surface area contributed by atoms with Crippen molar-refractivity contribution in [2.24, 2.45) is 11.0 Å². The number of piperidine rings is 1. The molecule has 1 N–H and O–H groups in total. The van der Waals surface area contributed by atoms with Crippen LogP contribution in [0.15, 0.2) is 5.10 Å². The summed E-state index contributed by atoms with van der Waals surface area (Å²) in [6.45, 7) is 1.02. The van der Waals surface area contributed by atoms with Gasteiger partial charge >= 0.3 is 0 Å². The van der Waals surface area contributed by atoms with E-state index in [0.29, 0.717) is 38.1 Å². The van der Waals surface area contributed by atoms with Crippen LogP contribution in [0.25, 0.3) is 0 Å². The number of amides is 2. The average Bonchev–Trinajstić information content (AvgIpc) is 3.00. The van der Waals surface area contributed by atoms with E-state index in [1.54, 1.807) is 4.90 Å². The van der Waals surface area contributed by atoms with Gasteiger partial charge < -0.3 is 10.0 Å². The number of likely N-dealkylation sites (tertiary alicyclic amines) is 1. The van der Waals surface area contributed by atoms with Gasteiger partial charge in [0.1, 0.15) is 5.71 Å². The van der Waals surface area contributed by atoms with Crippen molar-refractivity contribution in [2.75, 3.05) is 24.6 Å². The Morgan fingerprint density at radius 3 is 2.74 bits per heavy atom. The summed E-state index contributed by atoms with van der Waals surface area (Å²) in [5.41, 5.74) is -0.316. The van der Waals surface area contributed by atoms with E-state index < -0.39 is 21.5 Å². The van der Waals surface area contributed by atoms with E-state index in [4.69, 9.17) is 0 Å². The topological polar surface area (TPSA) is 107 Å². The Balaban J connectivity index is 1.48. The molecule has 2 saturated heterocycles. The maximum Gasteiger partial charge on any atom is 0.270 e. The lowest BCUT2D eigenvalue weighted by atomic mass is 9.71. The number of hydrogen-bond acceptors (Lipinski definition) is 6. The Morgan fingerprint density at radius 2 is 2.00 bits per heavy atom. The molecule has 0 aromatic rings. The highest BCUT2D eigenvalue weighted by molar-refractivity contribution is 7.91. The molecule has 9 heteroatoms. The van der Waals surface area contributed by atoms with Gasteiger partial charge in [0.2, 0.25) is 5.91 Å². The molecule has 27 heavy (non-hydrogen) atoms. The Morgan fingerprint density at radius 1 is 1.19 bits per heavy atom. The van der Waals surface area contributed by atoms with E-state index in [2.05, 4.69) is 5.10 Å².